The van der Waals surface area contributed by atoms with Gasteiger partial charge >= 0.3 is 12.1 Å². The Morgan fingerprint density at radius 2 is 2.00 bits per heavy atom. The normalized spacial score (nSPS) is 11.9. The van der Waals surface area contributed by atoms with Crippen LogP contribution in [-0.2, 0) is 17.5 Å². The predicted molar refractivity (Wildman–Crippen MR) is 60.0 cm³/mol. The van der Waals surface area contributed by atoms with Gasteiger partial charge in [0, 0.05) is 18.7 Å². The van der Waals surface area contributed by atoms with E-state index in [0.29, 0.717) is 6.07 Å². The summed E-state index contributed by atoms with van der Waals surface area (Å²) in [6.45, 7) is 0.0497. The van der Waals surface area contributed by atoms with E-state index in [4.69, 9.17) is 5.11 Å². The minimum atomic E-state index is -4.53. The molecular formula is C12H13F4NO2. The molecule has 106 valence electrons. The van der Waals surface area contributed by atoms with Crippen molar-refractivity contribution in [1.29, 1.82) is 0 Å². The Morgan fingerprint density at radius 1 is 1.37 bits per heavy atom. The average molecular weight is 279 g/mol. The molecule has 0 bridgehead atoms. The Hall–Kier alpha value is -1.63. The van der Waals surface area contributed by atoms with Crippen LogP contribution in [-0.4, -0.2) is 29.6 Å². The second-order valence-electron chi connectivity index (χ2n) is 4.19. The van der Waals surface area contributed by atoms with Gasteiger partial charge in [0.05, 0.1) is 12.0 Å². The van der Waals surface area contributed by atoms with Crippen LogP contribution in [0, 0.1) is 5.82 Å². The lowest BCUT2D eigenvalue weighted by atomic mass is 10.1. The first-order valence-corrected chi connectivity index (χ1v) is 5.46. The molecule has 0 heterocycles. The van der Waals surface area contributed by atoms with Gasteiger partial charge in [-0.15, -0.1) is 0 Å². The highest BCUT2D eigenvalue weighted by Gasteiger charge is 2.31. The highest BCUT2D eigenvalue weighted by atomic mass is 19.4. The van der Waals surface area contributed by atoms with Gasteiger partial charge in [0.15, 0.2) is 0 Å². The zero-order valence-electron chi connectivity index (χ0n) is 10.2. The number of carboxylic acid groups (broad SMARTS) is 1. The molecule has 0 aliphatic carbocycles. The fourth-order valence-corrected chi connectivity index (χ4v) is 1.53. The maximum Gasteiger partial charge on any atom is 0.416 e. The maximum atomic E-state index is 13.4. The summed E-state index contributed by atoms with van der Waals surface area (Å²) in [7, 11) is 1.52. The lowest BCUT2D eigenvalue weighted by Gasteiger charge is -2.17. The van der Waals surface area contributed by atoms with Crippen molar-refractivity contribution < 1.29 is 27.5 Å². The lowest BCUT2D eigenvalue weighted by Crippen LogP contribution is -2.22. The van der Waals surface area contributed by atoms with Crippen LogP contribution in [0.2, 0.25) is 0 Å². The van der Waals surface area contributed by atoms with Crippen LogP contribution < -0.4 is 0 Å². The lowest BCUT2D eigenvalue weighted by molar-refractivity contribution is -0.138. The molecule has 19 heavy (non-hydrogen) atoms. The first-order chi connectivity index (χ1) is 8.70. The second-order valence-corrected chi connectivity index (χ2v) is 4.19. The fourth-order valence-electron chi connectivity index (χ4n) is 1.53. The molecule has 0 aliphatic rings. The summed E-state index contributed by atoms with van der Waals surface area (Å²) in [4.78, 5) is 11.8. The van der Waals surface area contributed by atoms with Crippen molar-refractivity contribution in [2.45, 2.75) is 19.1 Å². The van der Waals surface area contributed by atoms with Crippen LogP contribution in [0.15, 0.2) is 18.2 Å². The fraction of sp³-hybridized carbons (Fsp3) is 0.417. The first kappa shape index (κ1) is 15.4. The van der Waals surface area contributed by atoms with E-state index >= 15 is 0 Å². The van der Waals surface area contributed by atoms with E-state index in [-0.39, 0.29) is 25.1 Å². The summed E-state index contributed by atoms with van der Waals surface area (Å²) in [6, 6.07) is 2.19. The molecule has 0 fully saturated rings. The summed E-state index contributed by atoms with van der Waals surface area (Å²) < 4.78 is 50.8. The third kappa shape index (κ3) is 4.86. The molecule has 1 N–H and O–H groups in total. The number of hydrogen-bond acceptors (Lipinski definition) is 2. The van der Waals surface area contributed by atoms with Crippen molar-refractivity contribution in [2.75, 3.05) is 13.6 Å². The summed E-state index contributed by atoms with van der Waals surface area (Å²) in [5.41, 5.74) is -1.03. The largest absolute Gasteiger partial charge is 0.481 e. The maximum absolute atomic E-state index is 13.4. The van der Waals surface area contributed by atoms with Crippen molar-refractivity contribution in [3.05, 3.63) is 35.1 Å². The summed E-state index contributed by atoms with van der Waals surface area (Å²) in [6.07, 6.45) is -4.68. The molecule has 1 aromatic rings. The Morgan fingerprint density at radius 3 is 2.53 bits per heavy atom. The average Bonchev–Trinajstić information content (AvgIpc) is 2.28. The van der Waals surface area contributed by atoms with Crippen molar-refractivity contribution in [3.8, 4) is 0 Å². The van der Waals surface area contributed by atoms with Crippen LogP contribution in [0.3, 0.4) is 0 Å². The summed E-state index contributed by atoms with van der Waals surface area (Å²) >= 11 is 0. The molecule has 0 atom stereocenters. The predicted octanol–water partition coefficient (Wildman–Crippen LogP) is 2.75. The number of rotatable bonds is 5. The number of nitrogens with zero attached hydrogens (tertiary/aromatic N) is 1. The number of carbonyl (C=O) groups is 1. The van der Waals surface area contributed by atoms with Gasteiger partial charge < -0.3 is 10.0 Å². The van der Waals surface area contributed by atoms with Gasteiger partial charge in [-0.3, -0.25) is 4.79 Å². The van der Waals surface area contributed by atoms with Gasteiger partial charge in [0.2, 0.25) is 0 Å². The quantitative estimate of drug-likeness (QED) is 0.842. The third-order valence-corrected chi connectivity index (χ3v) is 2.52. The zero-order chi connectivity index (χ0) is 14.6. The Bertz CT molecular complexity index is 460. The highest BCUT2D eigenvalue weighted by Crippen LogP contribution is 2.30. The zero-order valence-corrected chi connectivity index (χ0v) is 10.2. The van der Waals surface area contributed by atoms with E-state index in [1.54, 1.807) is 0 Å². The molecule has 0 aliphatic heterocycles. The van der Waals surface area contributed by atoms with Gasteiger partial charge in [0.25, 0.3) is 0 Å². The summed E-state index contributed by atoms with van der Waals surface area (Å²) in [5, 5.41) is 8.48. The molecule has 0 spiro atoms. The highest BCUT2D eigenvalue weighted by molar-refractivity contribution is 5.66. The Labute approximate surface area is 107 Å². The number of halogens is 4. The number of carboxylic acids is 1. The van der Waals surface area contributed by atoms with Crippen molar-refractivity contribution in [2.24, 2.45) is 0 Å². The molecule has 0 saturated heterocycles. The number of aliphatic carboxylic acids is 1. The van der Waals surface area contributed by atoms with Gasteiger partial charge in [-0.25, -0.2) is 4.39 Å². The van der Waals surface area contributed by atoms with Crippen molar-refractivity contribution in [3.63, 3.8) is 0 Å². The van der Waals surface area contributed by atoms with Crippen LogP contribution in [0.1, 0.15) is 17.5 Å². The topological polar surface area (TPSA) is 40.5 Å². The number of hydrogen-bond donors (Lipinski definition) is 1. The molecule has 1 aromatic carbocycles. The number of alkyl halides is 3. The van der Waals surface area contributed by atoms with E-state index in [1.807, 2.05) is 0 Å². The molecule has 7 heteroatoms. The van der Waals surface area contributed by atoms with Crippen LogP contribution in [0.5, 0.6) is 0 Å². The van der Waals surface area contributed by atoms with Gasteiger partial charge in [-0.05, 0) is 25.2 Å². The van der Waals surface area contributed by atoms with Gasteiger partial charge in [-0.1, -0.05) is 0 Å². The minimum absolute atomic E-state index is 0.0803. The van der Waals surface area contributed by atoms with E-state index in [1.165, 1.54) is 11.9 Å². The first-order valence-electron chi connectivity index (χ1n) is 5.46. The second kappa shape index (κ2) is 6.01. The van der Waals surface area contributed by atoms with Crippen LogP contribution >= 0.6 is 0 Å². The molecule has 1 rings (SSSR count). The molecule has 3 nitrogen and oxygen atoms in total. The molecule has 0 saturated carbocycles. The van der Waals surface area contributed by atoms with E-state index in [0.717, 1.165) is 12.1 Å². The van der Waals surface area contributed by atoms with Crippen molar-refractivity contribution >= 4 is 5.97 Å². The molecule has 0 amide bonds. The van der Waals surface area contributed by atoms with Crippen molar-refractivity contribution in [1.82, 2.24) is 4.90 Å². The standard InChI is InChI=1S/C12H13F4NO2/c1-17(5-4-11(18)19)7-8-6-9(12(14,15)16)2-3-10(8)13/h2-3,6H,4-5,7H2,1H3,(H,18,19). The SMILES string of the molecule is CN(CCC(=O)O)Cc1cc(C(F)(F)F)ccc1F. The van der Waals surface area contributed by atoms with E-state index in [2.05, 4.69) is 0 Å². The Balaban J connectivity index is 2.80. The summed E-state index contributed by atoms with van der Waals surface area (Å²) in [5.74, 6) is -1.76. The smallest absolute Gasteiger partial charge is 0.416 e. The van der Waals surface area contributed by atoms with E-state index < -0.39 is 23.5 Å². The molecule has 0 unspecified atom stereocenters. The van der Waals surface area contributed by atoms with Crippen LogP contribution in [0.4, 0.5) is 17.6 Å². The third-order valence-electron chi connectivity index (χ3n) is 2.52. The Kier molecular flexibility index (Phi) is 4.88. The minimum Gasteiger partial charge on any atom is -0.481 e. The monoisotopic (exact) mass is 279 g/mol. The van der Waals surface area contributed by atoms with Gasteiger partial charge in [-0.2, -0.15) is 13.2 Å². The van der Waals surface area contributed by atoms with Gasteiger partial charge in [0.1, 0.15) is 5.82 Å². The molecular weight excluding hydrogens is 266 g/mol. The number of benzene rings is 1. The molecule has 0 aromatic heterocycles. The van der Waals surface area contributed by atoms with Crippen LogP contribution in [0.25, 0.3) is 0 Å². The van der Waals surface area contributed by atoms with E-state index in [9.17, 15) is 22.4 Å². The molecule has 0 radical (unpaired) electrons.